The molecule has 2 aromatic heterocycles. The highest BCUT2D eigenvalue weighted by Gasteiger charge is 2.30. The van der Waals surface area contributed by atoms with Gasteiger partial charge in [0, 0.05) is 19.1 Å². The Morgan fingerprint density at radius 2 is 2.21 bits per heavy atom. The smallest absolute Gasteiger partial charge is 0.226 e. The van der Waals surface area contributed by atoms with Gasteiger partial charge < -0.3 is 15.2 Å². The Morgan fingerprint density at radius 3 is 2.89 bits per heavy atom. The normalized spacial score (nSPS) is 14.8. The molecule has 0 unspecified atom stereocenters. The lowest BCUT2D eigenvalue weighted by Gasteiger charge is -2.22. The van der Waals surface area contributed by atoms with E-state index in [1.807, 2.05) is 0 Å². The van der Waals surface area contributed by atoms with Crippen molar-refractivity contribution in [2.75, 3.05) is 23.3 Å². The van der Waals surface area contributed by atoms with Crippen LogP contribution >= 0.6 is 0 Å². The Kier molecular flexibility index (Phi) is 3.23. The molecule has 1 aliphatic carbocycles. The predicted octanol–water partition coefficient (Wildman–Crippen LogP) is 2.16. The van der Waals surface area contributed by atoms with E-state index in [4.69, 9.17) is 0 Å². The van der Waals surface area contributed by atoms with Gasteiger partial charge in [-0.05, 0) is 26.2 Å². The minimum atomic E-state index is 0.630. The fourth-order valence-electron chi connectivity index (χ4n) is 2.31. The molecule has 0 spiro atoms. The van der Waals surface area contributed by atoms with Crippen LogP contribution in [0.1, 0.15) is 33.1 Å². The summed E-state index contributed by atoms with van der Waals surface area (Å²) < 4.78 is 0. The van der Waals surface area contributed by atoms with E-state index in [2.05, 4.69) is 44.0 Å². The Morgan fingerprint density at radius 1 is 1.37 bits per heavy atom. The number of aromatic amines is 1. The van der Waals surface area contributed by atoms with Crippen molar-refractivity contribution in [2.24, 2.45) is 0 Å². The summed E-state index contributed by atoms with van der Waals surface area (Å²) in [6.07, 6.45) is 5.25. The summed E-state index contributed by atoms with van der Waals surface area (Å²) in [5.74, 6) is 1.65. The molecule has 2 N–H and O–H groups in total. The molecule has 0 aliphatic heterocycles. The van der Waals surface area contributed by atoms with Gasteiger partial charge in [0.15, 0.2) is 11.5 Å². The van der Waals surface area contributed by atoms with Crippen LogP contribution in [0.5, 0.6) is 0 Å². The minimum Gasteiger partial charge on any atom is -0.354 e. The monoisotopic (exact) mass is 260 g/mol. The molecule has 1 aliphatic rings. The van der Waals surface area contributed by atoms with Crippen molar-refractivity contribution in [3.05, 3.63) is 6.33 Å². The van der Waals surface area contributed by atoms with Gasteiger partial charge in [-0.3, -0.25) is 0 Å². The molecule has 6 nitrogen and oxygen atoms in total. The lowest BCUT2D eigenvalue weighted by Crippen LogP contribution is -2.27. The Bertz CT molecular complexity index is 559. The highest BCUT2D eigenvalue weighted by atomic mass is 15.3. The summed E-state index contributed by atoms with van der Waals surface area (Å²) in [6.45, 7) is 6.14. The van der Waals surface area contributed by atoms with Crippen molar-refractivity contribution in [2.45, 2.75) is 39.2 Å². The molecule has 6 heteroatoms. The zero-order chi connectivity index (χ0) is 13.2. The standard InChI is InChI=1S/C13H20N6/c1-3-7-14-13-17-11-10(15-8-16-11)12(18-13)19(4-2)9-5-6-9/h8-9H,3-7H2,1-2H3,(H2,14,15,16,17,18). The maximum Gasteiger partial charge on any atom is 0.226 e. The van der Waals surface area contributed by atoms with Crippen molar-refractivity contribution >= 4 is 22.9 Å². The molecule has 0 amide bonds. The van der Waals surface area contributed by atoms with E-state index < -0.39 is 0 Å². The van der Waals surface area contributed by atoms with Gasteiger partial charge in [-0.2, -0.15) is 9.97 Å². The zero-order valence-electron chi connectivity index (χ0n) is 11.5. The van der Waals surface area contributed by atoms with Crippen LogP contribution < -0.4 is 10.2 Å². The summed E-state index contributed by atoms with van der Waals surface area (Å²) in [5, 5.41) is 3.25. The van der Waals surface area contributed by atoms with Crippen molar-refractivity contribution < 1.29 is 0 Å². The first-order valence-electron chi connectivity index (χ1n) is 7.05. The number of aromatic nitrogens is 4. The third-order valence-electron chi connectivity index (χ3n) is 3.40. The first kappa shape index (κ1) is 12.2. The number of nitrogens with one attached hydrogen (secondary N) is 2. The molecule has 1 fully saturated rings. The van der Waals surface area contributed by atoms with E-state index >= 15 is 0 Å². The maximum absolute atomic E-state index is 4.68. The molecule has 2 heterocycles. The highest BCUT2D eigenvalue weighted by molar-refractivity contribution is 5.84. The number of H-pyrrole nitrogens is 1. The number of rotatable bonds is 6. The average molecular weight is 260 g/mol. The van der Waals surface area contributed by atoms with Crippen LogP contribution in [0.4, 0.5) is 11.8 Å². The number of imidazole rings is 1. The van der Waals surface area contributed by atoms with E-state index in [0.29, 0.717) is 12.0 Å². The van der Waals surface area contributed by atoms with E-state index in [0.717, 1.165) is 36.5 Å². The molecule has 3 rings (SSSR count). The van der Waals surface area contributed by atoms with Crippen molar-refractivity contribution in [1.29, 1.82) is 0 Å². The van der Waals surface area contributed by atoms with Gasteiger partial charge in [-0.1, -0.05) is 6.92 Å². The number of hydrogen-bond donors (Lipinski definition) is 2. The molecular formula is C13H20N6. The summed E-state index contributed by atoms with van der Waals surface area (Å²) in [7, 11) is 0. The SMILES string of the molecule is CCCNc1nc(N(CC)C2CC2)c2[nH]cnc2n1. The lowest BCUT2D eigenvalue weighted by atomic mass is 10.4. The van der Waals surface area contributed by atoms with Gasteiger partial charge in [0.2, 0.25) is 5.95 Å². The number of fused-ring (bicyclic) bond motifs is 1. The van der Waals surface area contributed by atoms with E-state index in [1.165, 1.54) is 12.8 Å². The summed E-state index contributed by atoms with van der Waals surface area (Å²) in [6, 6.07) is 0.630. The van der Waals surface area contributed by atoms with Gasteiger partial charge in [0.1, 0.15) is 5.52 Å². The number of anilines is 2. The molecule has 0 bridgehead atoms. The number of nitrogens with zero attached hydrogens (tertiary/aromatic N) is 4. The van der Waals surface area contributed by atoms with Gasteiger partial charge in [-0.25, -0.2) is 4.98 Å². The summed E-state index contributed by atoms with van der Waals surface area (Å²) in [4.78, 5) is 18.9. The average Bonchev–Trinajstić information content (AvgIpc) is 3.14. The van der Waals surface area contributed by atoms with E-state index in [9.17, 15) is 0 Å². The molecule has 0 atom stereocenters. The second-order valence-corrected chi connectivity index (χ2v) is 4.92. The fourth-order valence-corrected chi connectivity index (χ4v) is 2.31. The predicted molar refractivity (Wildman–Crippen MR) is 76.5 cm³/mol. The molecular weight excluding hydrogens is 240 g/mol. The quantitative estimate of drug-likeness (QED) is 0.833. The molecule has 2 aromatic rings. The van der Waals surface area contributed by atoms with E-state index in [-0.39, 0.29) is 0 Å². The van der Waals surface area contributed by atoms with Crippen LogP contribution in [-0.2, 0) is 0 Å². The summed E-state index contributed by atoms with van der Waals surface area (Å²) >= 11 is 0. The Hall–Kier alpha value is -1.85. The van der Waals surface area contributed by atoms with Crippen LogP contribution in [0.25, 0.3) is 11.2 Å². The minimum absolute atomic E-state index is 0.630. The van der Waals surface area contributed by atoms with Crippen molar-refractivity contribution in [3.8, 4) is 0 Å². The largest absolute Gasteiger partial charge is 0.354 e. The van der Waals surface area contributed by atoms with Crippen molar-refractivity contribution in [1.82, 2.24) is 19.9 Å². The maximum atomic E-state index is 4.68. The summed E-state index contributed by atoms with van der Waals surface area (Å²) in [5.41, 5.74) is 1.68. The third-order valence-corrected chi connectivity index (χ3v) is 3.40. The van der Waals surface area contributed by atoms with Gasteiger partial charge >= 0.3 is 0 Å². The molecule has 0 saturated heterocycles. The van der Waals surface area contributed by atoms with Gasteiger partial charge in [-0.15, -0.1) is 0 Å². The highest BCUT2D eigenvalue weighted by Crippen LogP contribution is 2.33. The topological polar surface area (TPSA) is 69.7 Å². The molecule has 19 heavy (non-hydrogen) atoms. The molecule has 1 saturated carbocycles. The van der Waals surface area contributed by atoms with Gasteiger partial charge in [0.25, 0.3) is 0 Å². The van der Waals surface area contributed by atoms with Crippen LogP contribution in [0.2, 0.25) is 0 Å². The molecule has 0 radical (unpaired) electrons. The van der Waals surface area contributed by atoms with Crippen molar-refractivity contribution in [3.63, 3.8) is 0 Å². The molecule has 0 aromatic carbocycles. The Balaban J connectivity index is 2.01. The van der Waals surface area contributed by atoms with Crippen LogP contribution in [0, 0.1) is 0 Å². The van der Waals surface area contributed by atoms with Crippen LogP contribution in [0.3, 0.4) is 0 Å². The third kappa shape index (κ3) is 2.34. The lowest BCUT2D eigenvalue weighted by molar-refractivity contribution is 0.809. The zero-order valence-corrected chi connectivity index (χ0v) is 11.5. The van der Waals surface area contributed by atoms with E-state index in [1.54, 1.807) is 6.33 Å². The second kappa shape index (κ2) is 5.03. The van der Waals surface area contributed by atoms with Crippen LogP contribution in [-0.4, -0.2) is 39.1 Å². The second-order valence-electron chi connectivity index (χ2n) is 4.92. The first-order chi connectivity index (χ1) is 9.33. The fraction of sp³-hybridized carbons (Fsp3) is 0.615. The number of hydrogen-bond acceptors (Lipinski definition) is 5. The van der Waals surface area contributed by atoms with Crippen LogP contribution in [0.15, 0.2) is 6.33 Å². The van der Waals surface area contributed by atoms with Gasteiger partial charge in [0.05, 0.1) is 6.33 Å². The Labute approximate surface area is 112 Å². The molecule has 102 valence electrons. The first-order valence-corrected chi connectivity index (χ1v) is 7.05.